The van der Waals surface area contributed by atoms with E-state index >= 15 is 0 Å². The molecular weight excluding hydrogens is 280 g/mol. The molecule has 0 bridgehead atoms. The maximum Gasteiger partial charge on any atom is 0.335 e. The van der Waals surface area contributed by atoms with Crippen molar-refractivity contribution in [3.05, 3.63) is 71.8 Å². The smallest absolute Gasteiger partial charge is 0.335 e. The quantitative estimate of drug-likeness (QED) is 0.434. The molecule has 0 saturated carbocycles. The highest BCUT2D eigenvalue weighted by atomic mass is 16.4. The average Bonchev–Trinajstić information content (AvgIpc) is 2.51. The lowest BCUT2D eigenvalue weighted by Gasteiger charge is -2.05. The Balaban J connectivity index is 2.07. The van der Waals surface area contributed by atoms with Gasteiger partial charge < -0.3 is 10.2 Å². The Morgan fingerprint density at radius 2 is 1.95 bits per heavy atom. The number of rotatable bonds is 6. The lowest BCUT2D eigenvalue weighted by atomic mass is 10.1. The fourth-order valence-corrected chi connectivity index (χ4v) is 1.90. The SMILES string of the molecule is C=CCc1cccc(C=NNc2ccc(C(=O)O)cc2)c1O. The predicted molar refractivity (Wildman–Crippen MR) is 86.6 cm³/mol. The topological polar surface area (TPSA) is 81.9 Å². The second-order valence-electron chi connectivity index (χ2n) is 4.60. The van der Waals surface area contributed by atoms with Gasteiger partial charge in [0.2, 0.25) is 0 Å². The van der Waals surface area contributed by atoms with Crippen molar-refractivity contribution in [3.8, 4) is 5.75 Å². The van der Waals surface area contributed by atoms with Crippen molar-refractivity contribution >= 4 is 17.9 Å². The normalized spacial score (nSPS) is 10.5. The van der Waals surface area contributed by atoms with Gasteiger partial charge in [-0.2, -0.15) is 5.10 Å². The van der Waals surface area contributed by atoms with Crippen LogP contribution in [0.4, 0.5) is 5.69 Å². The van der Waals surface area contributed by atoms with Gasteiger partial charge in [-0.05, 0) is 42.3 Å². The molecule has 0 aliphatic carbocycles. The second-order valence-corrected chi connectivity index (χ2v) is 4.60. The molecule has 22 heavy (non-hydrogen) atoms. The molecule has 0 unspecified atom stereocenters. The van der Waals surface area contributed by atoms with Crippen molar-refractivity contribution in [1.29, 1.82) is 0 Å². The summed E-state index contributed by atoms with van der Waals surface area (Å²) < 4.78 is 0. The third-order valence-electron chi connectivity index (χ3n) is 3.04. The van der Waals surface area contributed by atoms with E-state index in [9.17, 15) is 9.90 Å². The number of carbonyl (C=O) groups is 1. The number of nitrogens with zero attached hydrogens (tertiary/aromatic N) is 1. The molecule has 5 heteroatoms. The second kappa shape index (κ2) is 7.08. The predicted octanol–water partition coefficient (Wildman–Crippen LogP) is 3.26. The van der Waals surface area contributed by atoms with E-state index in [-0.39, 0.29) is 11.3 Å². The Hall–Kier alpha value is -3.08. The summed E-state index contributed by atoms with van der Waals surface area (Å²) in [6.07, 6.45) is 3.81. The first-order chi connectivity index (χ1) is 10.6. The molecular formula is C17H16N2O3. The number of benzene rings is 2. The molecule has 0 fully saturated rings. The van der Waals surface area contributed by atoms with E-state index in [1.807, 2.05) is 12.1 Å². The molecule has 2 aromatic carbocycles. The summed E-state index contributed by atoms with van der Waals surface area (Å²) >= 11 is 0. The number of phenols is 1. The maximum absolute atomic E-state index is 10.7. The van der Waals surface area contributed by atoms with Crippen LogP contribution in [0.25, 0.3) is 0 Å². The molecule has 0 aliphatic heterocycles. The Morgan fingerprint density at radius 3 is 2.59 bits per heavy atom. The molecule has 0 atom stereocenters. The van der Waals surface area contributed by atoms with Crippen LogP contribution in [0.3, 0.4) is 0 Å². The molecule has 5 nitrogen and oxygen atoms in total. The van der Waals surface area contributed by atoms with Crippen molar-refractivity contribution in [2.75, 3.05) is 5.43 Å². The van der Waals surface area contributed by atoms with Gasteiger partial charge in [-0.15, -0.1) is 6.58 Å². The van der Waals surface area contributed by atoms with Gasteiger partial charge in [0.05, 0.1) is 17.5 Å². The molecule has 0 amide bonds. The number of anilines is 1. The van der Waals surface area contributed by atoms with E-state index in [2.05, 4.69) is 17.1 Å². The molecule has 0 aliphatic rings. The highest BCUT2D eigenvalue weighted by Crippen LogP contribution is 2.21. The lowest BCUT2D eigenvalue weighted by Crippen LogP contribution is -1.96. The number of aromatic hydroxyl groups is 1. The van der Waals surface area contributed by atoms with Crippen LogP contribution in [-0.2, 0) is 6.42 Å². The number of para-hydroxylation sites is 1. The number of hydrazone groups is 1. The minimum absolute atomic E-state index is 0.175. The summed E-state index contributed by atoms with van der Waals surface area (Å²) in [6.45, 7) is 3.65. The van der Waals surface area contributed by atoms with Crippen LogP contribution in [0, 0.1) is 0 Å². The standard InChI is InChI=1S/C17H16N2O3/c1-2-4-12-5-3-6-14(16(12)20)11-18-19-15-9-7-13(8-10-15)17(21)22/h2-3,5-11,19-20H,1,4H2,(H,21,22). The van der Waals surface area contributed by atoms with Gasteiger partial charge in [-0.3, -0.25) is 5.43 Å². The number of aromatic carboxylic acids is 1. The van der Waals surface area contributed by atoms with Gasteiger partial charge in [0.25, 0.3) is 0 Å². The third-order valence-corrected chi connectivity index (χ3v) is 3.04. The lowest BCUT2D eigenvalue weighted by molar-refractivity contribution is 0.0697. The highest BCUT2D eigenvalue weighted by Gasteiger charge is 2.04. The van der Waals surface area contributed by atoms with Crippen LogP contribution in [0.1, 0.15) is 21.5 Å². The molecule has 0 heterocycles. The zero-order chi connectivity index (χ0) is 15.9. The Morgan fingerprint density at radius 1 is 1.23 bits per heavy atom. The van der Waals surface area contributed by atoms with Gasteiger partial charge in [0.15, 0.2) is 0 Å². The monoisotopic (exact) mass is 296 g/mol. The van der Waals surface area contributed by atoms with Crippen molar-refractivity contribution < 1.29 is 15.0 Å². The minimum atomic E-state index is -0.973. The van der Waals surface area contributed by atoms with E-state index in [4.69, 9.17) is 5.11 Å². The van der Waals surface area contributed by atoms with E-state index in [0.717, 1.165) is 5.56 Å². The van der Waals surface area contributed by atoms with Crippen LogP contribution in [0.5, 0.6) is 5.75 Å². The zero-order valence-corrected chi connectivity index (χ0v) is 11.9. The highest BCUT2D eigenvalue weighted by molar-refractivity contribution is 5.88. The molecule has 0 radical (unpaired) electrons. The average molecular weight is 296 g/mol. The van der Waals surface area contributed by atoms with Crippen LogP contribution in [0.2, 0.25) is 0 Å². The Labute approximate surface area is 128 Å². The Bertz CT molecular complexity index is 706. The molecule has 0 spiro atoms. The summed E-state index contributed by atoms with van der Waals surface area (Å²) in [6, 6.07) is 11.6. The van der Waals surface area contributed by atoms with Crippen molar-refractivity contribution in [2.45, 2.75) is 6.42 Å². The van der Waals surface area contributed by atoms with Gasteiger partial charge in [0.1, 0.15) is 5.75 Å². The van der Waals surface area contributed by atoms with Gasteiger partial charge in [-0.1, -0.05) is 18.2 Å². The molecule has 0 saturated heterocycles. The zero-order valence-electron chi connectivity index (χ0n) is 11.9. The minimum Gasteiger partial charge on any atom is -0.507 e. The van der Waals surface area contributed by atoms with Crippen LogP contribution in [-0.4, -0.2) is 22.4 Å². The number of nitrogens with one attached hydrogen (secondary N) is 1. The summed E-state index contributed by atoms with van der Waals surface area (Å²) in [7, 11) is 0. The number of carboxylic acids is 1. The number of carboxylic acid groups (broad SMARTS) is 1. The number of hydrogen-bond acceptors (Lipinski definition) is 4. The molecule has 0 aromatic heterocycles. The first kappa shape index (κ1) is 15.3. The molecule has 2 rings (SSSR count). The molecule has 112 valence electrons. The summed E-state index contributed by atoms with van der Waals surface area (Å²) in [5.41, 5.74) is 5.02. The largest absolute Gasteiger partial charge is 0.507 e. The fraction of sp³-hybridized carbons (Fsp3) is 0.0588. The van der Waals surface area contributed by atoms with Crippen molar-refractivity contribution in [2.24, 2.45) is 5.10 Å². The summed E-state index contributed by atoms with van der Waals surface area (Å²) in [5, 5.41) is 22.9. The first-order valence-corrected chi connectivity index (χ1v) is 6.66. The van der Waals surface area contributed by atoms with E-state index in [1.165, 1.54) is 18.3 Å². The van der Waals surface area contributed by atoms with Gasteiger partial charge in [0, 0.05) is 5.56 Å². The summed E-state index contributed by atoms with van der Waals surface area (Å²) in [4.78, 5) is 10.7. The van der Waals surface area contributed by atoms with Gasteiger partial charge >= 0.3 is 5.97 Å². The van der Waals surface area contributed by atoms with Crippen LogP contribution < -0.4 is 5.43 Å². The maximum atomic E-state index is 10.7. The number of phenolic OH excluding ortho intramolecular Hbond substituents is 1. The number of allylic oxidation sites excluding steroid dienone is 1. The van der Waals surface area contributed by atoms with E-state index in [1.54, 1.807) is 24.3 Å². The van der Waals surface area contributed by atoms with Crippen LogP contribution >= 0.6 is 0 Å². The van der Waals surface area contributed by atoms with E-state index in [0.29, 0.717) is 17.7 Å². The Kier molecular flexibility index (Phi) is 4.93. The molecule has 3 N–H and O–H groups in total. The third kappa shape index (κ3) is 3.73. The van der Waals surface area contributed by atoms with E-state index < -0.39 is 5.97 Å². The first-order valence-electron chi connectivity index (χ1n) is 6.66. The molecule has 2 aromatic rings. The van der Waals surface area contributed by atoms with Crippen molar-refractivity contribution in [1.82, 2.24) is 0 Å². The van der Waals surface area contributed by atoms with Gasteiger partial charge in [-0.25, -0.2) is 4.79 Å². The van der Waals surface area contributed by atoms with Crippen LogP contribution in [0.15, 0.2) is 60.2 Å². The fourth-order valence-electron chi connectivity index (χ4n) is 1.90. The number of hydrogen-bond donors (Lipinski definition) is 3. The van der Waals surface area contributed by atoms with Crippen molar-refractivity contribution in [3.63, 3.8) is 0 Å². The summed E-state index contributed by atoms with van der Waals surface area (Å²) in [5.74, 6) is -0.798.